The van der Waals surface area contributed by atoms with E-state index in [9.17, 15) is 15.3 Å². The number of aliphatic hydroxyl groups excluding tert-OH is 3. The highest BCUT2D eigenvalue weighted by Crippen LogP contribution is 2.77. The minimum atomic E-state index is -0.170. The maximum absolute atomic E-state index is 11.0. The molecule has 36 heavy (non-hydrogen) atoms. The summed E-state index contributed by atoms with van der Waals surface area (Å²) in [7, 11) is 0. The lowest BCUT2D eigenvalue weighted by Gasteiger charge is -2.73. The summed E-state index contributed by atoms with van der Waals surface area (Å²) >= 11 is 0. The second kappa shape index (κ2) is 9.07. The van der Waals surface area contributed by atoms with Crippen molar-refractivity contribution in [3.05, 3.63) is 12.2 Å². The van der Waals surface area contributed by atoms with Crippen molar-refractivity contribution >= 4 is 0 Å². The fraction of sp³-hybridized carbons (Fsp3) is 0.938. The topological polar surface area (TPSA) is 72.7 Å². The predicted octanol–water partition coefficient (Wildman–Crippen LogP) is 5.56. The average Bonchev–Trinajstić information content (AvgIpc) is 3.22. The van der Waals surface area contributed by atoms with Gasteiger partial charge in [-0.05, 0) is 121 Å². The maximum atomic E-state index is 11.0. The second-order valence-electron chi connectivity index (χ2n) is 15.3. The van der Waals surface area contributed by atoms with Crippen molar-refractivity contribution in [2.75, 3.05) is 26.3 Å². The molecule has 0 amide bonds. The number of hydrogen-bond donors (Lipinski definition) is 4. The van der Waals surface area contributed by atoms with Gasteiger partial charge >= 0.3 is 0 Å². The lowest BCUT2D eigenvalue weighted by atomic mass is 9.32. The minimum absolute atomic E-state index is 0.000545. The van der Waals surface area contributed by atoms with Crippen LogP contribution in [-0.4, -0.2) is 47.7 Å². The van der Waals surface area contributed by atoms with Crippen molar-refractivity contribution in [3.8, 4) is 0 Å². The van der Waals surface area contributed by atoms with Crippen LogP contribution in [0.3, 0.4) is 0 Å². The fourth-order valence-corrected chi connectivity index (χ4v) is 11.9. The molecule has 4 heteroatoms. The Kier molecular flexibility index (Phi) is 6.84. The Labute approximate surface area is 220 Å². The molecular formula is C32H55NO3. The van der Waals surface area contributed by atoms with Gasteiger partial charge in [0.15, 0.2) is 0 Å². The lowest BCUT2D eigenvalue weighted by molar-refractivity contribution is -0.249. The Morgan fingerprint density at radius 2 is 1.58 bits per heavy atom. The van der Waals surface area contributed by atoms with E-state index in [0.29, 0.717) is 53.6 Å². The molecule has 0 aromatic heterocycles. The van der Waals surface area contributed by atoms with Gasteiger partial charge in [-0.1, -0.05) is 46.8 Å². The molecule has 4 nitrogen and oxygen atoms in total. The van der Waals surface area contributed by atoms with Gasteiger partial charge in [-0.3, -0.25) is 0 Å². The number of aliphatic hydroxyl groups is 3. The van der Waals surface area contributed by atoms with Crippen molar-refractivity contribution in [1.82, 2.24) is 5.32 Å². The van der Waals surface area contributed by atoms with E-state index in [1.54, 1.807) is 0 Å². The zero-order chi connectivity index (χ0) is 26.1. The Bertz CT molecular complexity index is 856. The average molecular weight is 502 g/mol. The van der Waals surface area contributed by atoms with Crippen molar-refractivity contribution in [2.45, 2.75) is 105 Å². The number of rotatable bonds is 6. The van der Waals surface area contributed by atoms with Crippen molar-refractivity contribution < 1.29 is 15.3 Å². The van der Waals surface area contributed by atoms with Crippen LogP contribution < -0.4 is 5.32 Å². The molecule has 0 spiro atoms. The first-order valence-corrected chi connectivity index (χ1v) is 15.2. The Morgan fingerprint density at radius 1 is 0.833 bits per heavy atom. The van der Waals surface area contributed by atoms with Gasteiger partial charge in [-0.25, -0.2) is 0 Å². The van der Waals surface area contributed by atoms with Crippen LogP contribution in [0.2, 0.25) is 0 Å². The Balaban J connectivity index is 1.48. The standard InChI is InChI=1S/C32H55NO3/c1-21(19-33-17-18-34)22-9-14-32(20-35)16-15-30(5)23(27(22)32)7-8-25-29(4)12-11-26(36)28(2,3)24(29)10-13-31(25,30)6/h22-27,33-36H,1,7-20H2,2-6H3/t22-,23+,24-,25+,26-,27+,29-,30+,31+,32+/m0/s1. The molecule has 0 radical (unpaired) electrons. The third-order valence-corrected chi connectivity index (χ3v) is 14.1. The lowest BCUT2D eigenvalue weighted by Crippen LogP contribution is -2.66. The zero-order valence-corrected chi connectivity index (χ0v) is 23.9. The van der Waals surface area contributed by atoms with Crippen LogP contribution in [0.15, 0.2) is 12.2 Å². The first kappa shape index (κ1) is 27.2. The van der Waals surface area contributed by atoms with E-state index < -0.39 is 0 Å². The van der Waals surface area contributed by atoms with Gasteiger partial charge in [-0.2, -0.15) is 0 Å². The summed E-state index contributed by atoms with van der Waals surface area (Å²) in [6.07, 6.45) is 11.7. The van der Waals surface area contributed by atoms with Gasteiger partial charge < -0.3 is 20.6 Å². The van der Waals surface area contributed by atoms with E-state index >= 15 is 0 Å². The first-order chi connectivity index (χ1) is 16.9. The summed E-state index contributed by atoms with van der Waals surface area (Å²) in [4.78, 5) is 0. The molecule has 206 valence electrons. The van der Waals surface area contributed by atoms with E-state index in [1.165, 1.54) is 44.1 Å². The predicted molar refractivity (Wildman–Crippen MR) is 146 cm³/mol. The van der Waals surface area contributed by atoms with Crippen molar-refractivity contribution in [2.24, 2.45) is 56.7 Å². The van der Waals surface area contributed by atoms with Crippen LogP contribution >= 0.6 is 0 Å². The van der Waals surface area contributed by atoms with Gasteiger partial charge in [0.2, 0.25) is 0 Å². The summed E-state index contributed by atoms with van der Waals surface area (Å²) < 4.78 is 0. The van der Waals surface area contributed by atoms with Crippen LogP contribution in [0.4, 0.5) is 0 Å². The SMILES string of the molecule is C=C(CNCCO)[C@@H]1CC[C@]2(CO)CC[C@]3(C)[C@H](CC[C@@H]4[C@@]5(C)CC[C@H](O)C(C)(C)[C@@H]5CC[C@]43C)[C@@H]12. The highest BCUT2D eigenvalue weighted by Gasteiger charge is 2.70. The number of hydrogen-bond acceptors (Lipinski definition) is 4. The normalized spacial score (nSPS) is 51.6. The Morgan fingerprint density at radius 3 is 2.28 bits per heavy atom. The molecule has 0 bridgehead atoms. The summed E-state index contributed by atoms with van der Waals surface area (Å²) in [5.41, 5.74) is 2.26. The third-order valence-electron chi connectivity index (χ3n) is 14.1. The number of fused-ring (bicyclic) bond motifs is 7. The molecule has 0 heterocycles. The van der Waals surface area contributed by atoms with Gasteiger partial charge in [-0.15, -0.1) is 0 Å². The second-order valence-corrected chi connectivity index (χ2v) is 15.3. The molecule has 10 atom stereocenters. The van der Waals surface area contributed by atoms with Crippen LogP contribution in [-0.2, 0) is 0 Å². The van der Waals surface area contributed by atoms with Crippen LogP contribution in [0.25, 0.3) is 0 Å². The molecular weight excluding hydrogens is 446 g/mol. The highest BCUT2D eigenvalue weighted by atomic mass is 16.3. The van der Waals surface area contributed by atoms with Gasteiger partial charge in [0.05, 0.1) is 12.7 Å². The monoisotopic (exact) mass is 501 g/mol. The van der Waals surface area contributed by atoms with Crippen molar-refractivity contribution in [1.29, 1.82) is 0 Å². The molecule has 5 fully saturated rings. The van der Waals surface area contributed by atoms with Gasteiger partial charge in [0.1, 0.15) is 0 Å². The van der Waals surface area contributed by atoms with Gasteiger partial charge in [0, 0.05) is 19.7 Å². The smallest absolute Gasteiger partial charge is 0.0594 e. The van der Waals surface area contributed by atoms with Crippen molar-refractivity contribution in [3.63, 3.8) is 0 Å². The van der Waals surface area contributed by atoms with E-state index in [2.05, 4.69) is 46.5 Å². The van der Waals surface area contributed by atoms with E-state index in [1.807, 2.05) is 0 Å². The molecule has 0 aliphatic heterocycles. The summed E-state index contributed by atoms with van der Waals surface area (Å²) in [5.74, 6) is 2.96. The van der Waals surface area contributed by atoms with Crippen LogP contribution in [0, 0.1) is 56.7 Å². The van der Waals surface area contributed by atoms with E-state index in [-0.39, 0.29) is 29.0 Å². The largest absolute Gasteiger partial charge is 0.396 e. The summed E-state index contributed by atoms with van der Waals surface area (Å²) in [6.45, 7) is 19.0. The highest BCUT2D eigenvalue weighted by molar-refractivity contribution is 5.22. The summed E-state index contributed by atoms with van der Waals surface area (Å²) in [6, 6.07) is 0. The molecule has 0 aromatic rings. The molecule has 0 unspecified atom stereocenters. The molecule has 5 aliphatic rings. The fourth-order valence-electron chi connectivity index (χ4n) is 11.9. The van der Waals surface area contributed by atoms with E-state index in [4.69, 9.17) is 0 Å². The zero-order valence-electron chi connectivity index (χ0n) is 23.9. The molecule has 5 saturated carbocycles. The quantitative estimate of drug-likeness (QED) is 0.284. The van der Waals surface area contributed by atoms with E-state index in [0.717, 1.165) is 32.2 Å². The van der Waals surface area contributed by atoms with Crippen LogP contribution in [0.5, 0.6) is 0 Å². The Hall–Kier alpha value is -0.420. The minimum Gasteiger partial charge on any atom is -0.396 e. The molecule has 5 aliphatic carbocycles. The molecule has 5 rings (SSSR count). The summed E-state index contributed by atoms with van der Waals surface area (Å²) in [5, 5.41) is 34.4. The molecule has 0 saturated heterocycles. The third kappa shape index (κ3) is 3.52. The van der Waals surface area contributed by atoms with Gasteiger partial charge in [0.25, 0.3) is 0 Å². The molecule has 4 N–H and O–H groups in total. The maximum Gasteiger partial charge on any atom is 0.0594 e. The molecule has 0 aromatic carbocycles. The number of nitrogens with one attached hydrogen (secondary N) is 1. The first-order valence-electron chi connectivity index (χ1n) is 15.2. The van der Waals surface area contributed by atoms with Crippen LogP contribution in [0.1, 0.15) is 98.8 Å².